The van der Waals surface area contributed by atoms with Gasteiger partial charge in [-0.2, -0.15) is 0 Å². The number of hydrogen-bond donors (Lipinski definition) is 0. The zero-order valence-corrected chi connectivity index (χ0v) is 14.3. The number of fused-ring (bicyclic) bond motifs is 1. The van der Waals surface area contributed by atoms with Crippen LogP contribution in [-0.2, 0) is 6.42 Å². The third kappa shape index (κ3) is 4.25. The van der Waals surface area contributed by atoms with Crippen LogP contribution in [0.15, 0.2) is 17.1 Å². The molecule has 1 aromatic carbocycles. The Morgan fingerprint density at radius 1 is 1.09 bits per heavy atom. The van der Waals surface area contributed by atoms with Crippen molar-refractivity contribution in [1.29, 1.82) is 0 Å². The van der Waals surface area contributed by atoms with E-state index in [4.69, 9.17) is 9.47 Å². The van der Waals surface area contributed by atoms with Crippen LogP contribution in [0.25, 0.3) is 0 Å². The van der Waals surface area contributed by atoms with Crippen LogP contribution >= 0.6 is 0 Å². The third-order valence-corrected chi connectivity index (χ3v) is 4.29. The molecule has 0 amide bonds. The minimum absolute atomic E-state index is 0.773. The largest absolute Gasteiger partial charge is 0.493 e. The lowest BCUT2D eigenvalue weighted by Gasteiger charge is -2.21. The van der Waals surface area contributed by atoms with Gasteiger partial charge in [-0.25, -0.2) is 0 Å². The van der Waals surface area contributed by atoms with Gasteiger partial charge >= 0.3 is 0 Å². The quantitative estimate of drug-likeness (QED) is 0.613. The van der Waals surface area contributed by atoms with Gasteiger partial charge in [-0.3, -0.25) is 4.99 Å². The molecule has 0 saturated carbocycles. The summed E-state index contributed by atoms with van der Waals surface area (Å²) in [7, 11) is 1.71. The van der Waals surface area contributed by atoms with Gasteiger partial charge in [-0.15, -0.1) is 0 Å². The highest BCUT2D eigenvalue weighted by Crippen LogP contribution is 2.36. The Morgan fingerprint density at radius 3 is 2.64 bits per heavy atom. The van der Waals surface area contributed by atoms with Crippen molar-refractivity contribution in [1.82, 2.24) is 0 Å². The van der Waals surface area contributed by atoms with Gasteiger partial charge in [-0.1, -0.05) is 39.0 Å². The molecular weight excluding hydrogens is 274 g/mol. The summed E-state index contributed by atoms with van der Waals surface area (Å²) in [5, 5.41) is 0. The van der Waals surface area contributed by atoms with Gasteiger partial charge in [0.05, 0.1) is 13.7 Å². The smallest absolute Gasteiger partial charge is 0.165 e. The van der Waals surface area contributed by atoms with E-state index in [0.29, 0.717) is 0 Å². The first kappa shape index (κ1) is 16.9. The molecule has 0 N–H and O–H groups in total. The fraction of sp³-hybridized carbons (Fsp3) is 0.632. The van der Waals surface area contributed by atoms with Gasteiger partial charge in [0.15, 0.2) is 11.5 Å². The molecule has 2 rings (SSSR count). The van der Waals surface area contributed by atoms with E-state index in [0.717, 1.165) is 43.2 Å². The van der Waals surface area contributed by atoms with Crippen LogP contribution in [0.5, 0.6) is 11.5 Å². The van der Waals surface area contributed by atoms with E-state index in [-0.39, 0.29) is 0 Å². The second-order valence-electron chi connectivity index (χ2n) is 5.96. The predicted molar refractivity (Wildman–Crippen MR) is 92.6 cm³/mol. The lowest BCUT2D eigenvalue weighted by Crippen LogP contribution is -2.13. The highest BCUT2D eigenvalue weighted by atomic mass is 16.5. The normalized spacial score (nSPS) is 13.5. The fourth-order valence-corrected chi connectivity index (χ4v) is 2.99. The standard InChI is InChI=1S/C19H29NO2/c1-4-5-6-7-8-9-14-22-19-17-12-13-20-15(2)16(17)10-11-18(19)21-3/h10-11H,4-9,12-14H2,1-3H3. The minimum atomic E-state index is 0.773. The van der Waals surface area contributed by atoms with Crippen LogP contribution in [0.3, 0.4) is 0 Å². The molecule has 1 aromatic rings. The van der Waals surface area contributed by atoms with Gasteiger partial charge in [0.25, 0.3) is 0 Å². The summed E-state index contributed by atoms with van der Waals surface area (Å²) < 4.78 is 11.6. The maximum absolute atomic E-state index is 6.10. The third-order valence-electron chi connectivity index (χ3n) is 4.29. The van der Waals surface area contributed by atoms with Crippen molar-refractivity contribution in [3.63, 3.8) is 0 Å². The van der Waals surface area contributed by atoms with Crippen LogP contribution in [0.2, 0.25) is 0 Å². The molecule has 0 saturated heterocycles. The van der Waals surface area contributed by atoms with Crippen LogP contribution in [-0.4, -0.2) is 26.0 Å². The summed E-state index contributed by atoms with van der Waals surface area (Å²) in [6.07, 6.45) is 8.60. The average Bonchev–Trinajstić information content (AvgIpc) is 2.54. The fourth-order valence-electron chi connectivity index (χ4n) is 2.99. The van der Waals surface area contributed by atoms with Crippen LogP contribution in [0.4, 0.5) is 0 Å². The van der Waals surface area contributed by atoms with Crippen LogP contribution in [0, 0.1) is 0 Å². The zero-order valence-electron chi connectivity index (χ0n) is 14.3. The number of benzene rings is 1. The Kier molecular flexibility index (Phi) is 6.75. The van der Waals surface area contributed by atoms with Gasteiger partial charge in [-0.05, 0) is 31.9 Å². The minimum Gasteiger partial charge on any atom is -0.493 e. The summed E-state index contributed by atoms with van der Waals surface area (Å²) in [6.45, 7) is 5.94. The molecular formula is C19H29NO2. The number of methoxy groups -OCH3 is 1. The molecule has 1 heterocycles. The Balaban J connectivity index is 1.95. The SMILES string of the molecule is CCCCCCCCOc1c(OC)ccc2c1CCN=C2C. The van der Waals surface area contributed by atoms with E-state index in [9.17, 15) is 0 Å². The molecule has 0 bridgehead atoms. The summed E-state index contributed by atoms with van der Waals surface area (Å²) in [5.41, 5.74) is 3.58. The summed E-state index contributed by atoms with van der Waals surface area (Å²) in [4.78, 5) is 4.53. The Labute approximate surface area is 134 Å². The summed E-state index contributed by atoms with van der Waals surface area (Å²) in [6, 6.07) is 4.10. The molecule has 0 aliphatic carbocycles. The maximum atomic E-state index is 6.10. The van der Waals surface area contributed by atoms with Crippen LogP contribution in [0.1, 0.15) is 63.5 Å². The lowest BCUT2D eigenvalue weighted by molar-refractivity contribution is 0.281. The maximum Gasteiger partial charge on any atom is 0.165 e. The summed E-state index contributed by atoms with van der Waals surface area (Å²) in [5.74, 6) is 1.78. The van der Waals surface area contributed by atoms with E-state index >= 15 is 0 Å². The van der Waals surface area contributed by atoms with Crippen molar-refractivity contribution in [2.75, 3.05) is 20.3 Å². The molecule has 0 spiro atoms. The number of ether oxygens (including phenoxy) is 2. The first-order chi connectivity index (χ1) is 10.8. The van der Waals surface area contributed by atoms with Crippen molar-refractivity contribution in [3.8, 4) is 11.5 Å². The number of aliphatic imine (C=N–C) groups is 1. The topological polar surface area (TPSA) is 30.8 Å². The van der Waals surface area contributed by atoms with Crippen molar-refractivity contribution in [3.05, 3.63) is 23.3 Å². The molecule has 3 nitrogen and oxygen atoms in total. The molecule has 1 aliphatic heterocycles. The molecule has 0 fully saturated rings. The molecule has 1 aliphatic rings. The lowest BCUT2D eigenvalue weighted by atomic mass is 9.97. The number of hydrogen-bond acceptors (Lipinski definition) is 3. The molecule has 0 aromatic heterocycles. The molecule has 0 atom stereocenters. The zero-order chi connectivity index (χ0) is 15.8. The van der Waals surface area contributed by atoms with E-state index in [1.807, 2.05) is 6.07 Å². The monoisotopic (exact) mass is 303 g/mol. The molecule has 3 heteroatoms. The van der Waals surface area contributed by atoms with Gasteiger partial charge in [0, 0.05) is 23.4 Å². The number of rotatable bonds is 9. The Morgan fingerprint density at radius 2 is 1.86 bits per heavy atom. The predicted octanol–water partition coefficient (Wildman–Crippen LogP) is 4.80. The van der Waals surface area contributed by atoms with Gasteiger partial charge in [0.1, 0.15) is 0 Å². The molecule has 0 radical (unpaired) electrons. The first-order valence-corrected chi connectivity index (χ1v) is 8.62. The van der Waals surface area contributed by atoms with Crippen molar-refractivity contribution >= 4 is 5.71 Å². The van der Waals surface area contributed by atoms with Crippen molar-refractivity contribution in [2.24, 2.45) is 4.99 Å². The molecule has 122 valence electrons. The average molecular weight is 303 g/mol. The highest BCUT2D eigenvalue weighted by Gasteiger charge is 2.19. The van der Waals surface area contributed by atoms with E-state index in [1.165, 1.54) is 43.2 Å². The number of nitrogens with zero attached hydrogens (tertiary/aromatic N) is 1. The Bertz CT molecular complexity index is 508. The number of unbranched alkanes of at least 4 members (excludes halogenated alkanes) is 5. The van der Waals surface area contributed by atoms with E-state index in [2.05, 4.69) is 24.9 Å². The van der Waals surface area contributed by atoms with E-state index in [1.54, 1.807) is 7.11 Å². The summed E-state index contributed by atoms with van der Waals surface area (Å²) >= 11 is 0. The van der Waals surface area contributed by atoms with Crippen LogP contribution < -0.4 is 9.47 Å². The van der Waals surface area contributed by atoms with E-state index < -0.39 is 0 Å². The molecule has 22 heavy (non-hydrogen) atoms. The second kappa shape index (κ2) is 8.82. The highest BCUT2D eigenvalue weighted by molar-refractivity contribution is 6.01. The van der Waals surface area contributed by atoms with Gasteiger partial charge in [0.2, 0.25) is 0 Å². The van der Waals surface area contributed by atoms with Gasteiger partial charge < -0.3 is 9.47 Å². The molecule has 0 unspecified atom stereocenters. The van der Waals surface area contributed by atoms with Crippen molar-refractivity contribution < 1.29 is 9.47 Å². The Hall–Kier alpha value is -1.51. The second-order valence-corrected chi connectivity index (χ2v) is 5.96. The van der Waals surface area contributed by atoms with Crippen molar-refractivity contribution in [2.45, 2.75) is 58.8 Å². The first-order valence-electron chi connectivity index (χ1n) is 8.62.